The van der Waals surface area contributed by atoms with Crippen molar-refractivity contribution in [3.8, 4) is 0 Å². The fourth-order valence-electron chi connectivity index (χ4n) is 1.44. The molecule has 0 N–H and O–H groups in total. The highest BCUT2D eigenvalue weighted by Crippen LogP contribution is 2.32. The molecule has 0 unspecified atom stereocenters. The molecule has 0 radical (unpaired) electrons. The highest BCUT2D eigenvalue weighted by molar-refractivity contribution is 8.00. The van der Waals surface area contributed by atoms with Crippen LogP contribution in [0.4, 0.5) is 10.1 Å². The van der Waals surface area contributed by atoms with Gasteiger partial charge in [0, 0.05) is 4.90 Å². The van der Waals surface area contributed by atoms with Gasteiger partial charge in [0.05, 0.1) is 24.5 Å². The van der Waals surface area contributed by atoms with E-state index in [0.717, 1.165) is 23.9 Å². The van der Waals surface area contributed by atoms with E-state index >= 15 is 0 Å². The van der Waals surface area contributed by atoms with Gasteiger partial charge in [-0.15, -0.1) is 16.7 Å². The molecule has 21 heavy (non-hydrogen) atoms. The second-order valence-electron chi connectivity index (χ2n) is 3.71. The van der Waals surface area contributed by atoms with Crippen LogP contribution in [-0.2, 0) is 14.3 Å². The van der Waals surface area contributed by atoms with E-state index in [4.69, 9.17) is 4.74 Å². The molecule has 1 rings (SSSR count). The van der Waals surface area contributed by atoms with E-state index in [9.17, 15) is 18.9 Å². The Morgan fingerprint density at radius 1 is 1.24 bits per heavy atom. The summed E-state index contributed by atoms with van der Waals surface area (Å²) >= 11 is 0.907. The van der Waals surface area contributed by atoms with Crippen LogP contribution in [0.25, 0.3) is 0 Å². The predicted molar refractivity (Wildman–Crippen MR) is 75.2 cm³/mol. The lowest BCUT2D eigenvalue weighted by Crippen LogP contribution is -2.08. The van der Waals surface area contributed by atoms with E-state index in [-0.39, 0.29) is 35.1 Å². The Morgan fingerprint density at radius 2 is 1.90 bits per heavy atom. The van der Waals surface area contributed by atoms with Crippen LogP contribution in [0.5, 0.6) is 0 Å². The molecule has 114 valence electrons. The van der Waals surface area contributed by atoms with Crippen molar-refractivity contribution in [1.29, 1.82) is 0 Å². The van der Waals surface area contributed by atoms with Gasteiger partial charge in [-0.05, 0) is 31.2 Å². The van der Waals surface area contributed by atoms with Crippen LogP contribution in [0.1, 0.15) is 24.2 Å². The summed E-state index contributed by atoms with van der Waals surface area (Å²) in [6, 6.07) is 1.99. The van der Waals surface area contributed by atoms with Crippen molar-refractivity contribution in [3.05, 3.63) is 28.4 Å². The molecule has 0 aromatic heterocycles. The predicted octanol–water partition coefficient (Wildman–Crippen LogP) is 3.06. The lowest BCUT2D eigenvalue weighted by Gasteiger charge is -2.08. The molecule has 0 fully saturated rings. The molecule has 0 amide bonds. The fourth-order valence-corrected chi connectivity index (χ4v) is 2.22. The molecule has 0 spiro atoms. The van der Waals surface area contributed by atoms with Gasteiger partial charge < -0.3 is 9.47 Å². The van der Waals surface area contributed by atoms with Gasteiger partial charge in [0.2, 0.25) is 0 Å². The summed E-state index contributed by atoms with van der Waals surface area (Å²) in [6.07, 6.45) is 0. The molecule has 0 aliphatic carbocycles. The second kappa shape index (κ2) is 8.35. The number of benzene rings is 1. The molecule has 0 saturated heterocycles. The van der Waals surface area contributed by atoms with Gasteiger partial charge in [0.25, 0.3) is 0 Å². The number of nitroso groups, excluding NO2 is 1. The van der Waals surface area contributed by atoms with Crippen LogP contribution in [0.3, 0.4) is 0 Å². The molecule has 1 aromatic rings. The monoisotopic (exact) mass is 315 g/mol. The first-order chi connectivity index (χ1) is 10.0. The van der Waals surface area contributed by atoms with Gasteiger partial charge >= 0.3 is 11.9 Å². The Bertz CT molecular complexity index is 550. The lowest BCUT2D eigenvalue weighted by atomic mass is 10.2. The normalized spacial score (nSPS) is 10.0. The molecule has 6 nitrogen and oxygen atoms in total. The molecule has 0 saturated carbocycles. The van der Waals surface area contributed by atoms with Gasteiger partial charge in [-0.3, -0.25) is 4.79 Å². The van der Waals surface area contributed by atoms with E-state index in [1.165, 1.54) is 0 Å². The van der Waals surface area contributed by atoms with Crippen LogP contribution in [-0.4, -0.2) is 30.9 Å². The minimum Gasteiger partial charge on any atom is -0.465 e. The molecule has 0 heterocycles. The highest BCUT2D eigenvalue weighted by atomic mass is 32.2. The van der Waals surface area contributed by atoms with Crippen molar-refractivity contribution in [2.75, 3.05) is 19.0 Å². The van der Waals surface area contributed by atoms with Crippen molar-refractivity contribution in [1.82, 2.24) is 0 Å². The largest absolute Gasteiger partial charge is 0.465 e. The molecule has 1 aromatic carbocycles. The van der Waals surface area contributed by atoms with Gasteiger partial charge in [0.15, 0.2) is 0 Å². The van der Waals surface area contributed by atoms with Gasteiger partial charge in [-0.25, -0.2) is 9.18 Å². The maximum Gasteiger partial charge on any atom is 0.341 e. The van der Waals surface area contributed by atoms with Crippen molar-refractivity contribution >= 4 is 29.4 Å². The minimum absolute atomic E-state index is 0.0848. The van der Waals surface area contributed by atoms with E-state index in [1.54, 1.807) is 13.8 Å². The van der Waals surface area contributed by atoms with Gasteiger partial charge in [-0.1, -0.05) is 0 Å². The van der Waals surface area contributed by atoms with E-state index in [2.05, 4.69) is 9.91 Å². The zero-order chi connectivity index (χ0) is 15.8. The van der Waals surface area contributed by atoms with E-state index in [0.29, 0.717) is 0 Å². The molecule has 8 heteroatoms. The molecule has 0 atom stereocenters. The summed E-state index contributed by atoms with van der Waals surface area (Å²) in [6.45, 7) is 3.56. The number of thioether (sulfide) groups is 1. The first kappa shape index (κ1) is 17.1. The van der Waals surface area contributed by atoms with E-state index < -0.39 is 17.8 Å². The number of hydrogen-bond donors (Lipinski definition) is 0. The van der Waals surface area contributed by atoms with Gasteiger partial charge in [-0.2, -0.15) is 0 Å². The minimum atomic E-state index is -0.873. The van der Waals surface area contributed by atoms with Crippen molar-refractivity contribution in [2.24, 2.45) is 5.18 Å². The Morgan fingerprint density at radius 3 is 2.48 bits per heavy atom. The third-order valence-corrected chi connectivity index (χ3v) is 3.31. The molecule has 0 aliphatic rings. The summed E-state index contributed by atoms with van der Waals surface area (Å²) < 4.78 is 23.2. The summed E-state index contributed by atoms with van der Waals surface area (Å²) in [5.74, 6) is -2.29. The fraction of sp³-hybridized carbons (Fsp3) is 0.385. The number of esters is 2. The highest BCUT2D eigenvalue weighted by Gasteiger charge is 2.18. The molecule has 0 bridgehead atoms. The summed E-state index contributed by atoms with van der Waals surface area (Å²) in [5, 5.41) is 2.74. The molecular formula is C13H14FNO5S. The number of halogens is 1. The van der Waals surface area contributed by atoms with Crippen molar-refractivity contribution < 1.29 is 23.5 Å². The zero-order valence-corrected chi connectivity index (χ0v) is 12.4. The smallest absolute Gasteiger partial charge is 0.341 e. The lowest BCUT2D eigenvalue weighted by molar-refractivity contribution is -0.139. The summed E-state index contributed by atoms with van der Waals surface area (Å²) in [5.41, 5.74) is -0.499. The standard InChI is InChI=1S/C13H14FNO5S/c1-3-19-12(16)7-21-11-6-9(14)8(5-10(11)15-18)13(17)20-4-2/h5-6H,3-4,7H2,1-2H3. The van der Waals surface area contributed by atoms with Crippen LogP contribution < -0.4 is 0 Å². The van der Waals surface area contributed by atoms with E-state index in [1.807, 2.05) is 0 Å². The van der Waals surface area contributed by atoms with Crippen LogP contribution >= 0.6 is 11.8 Å². The Labute approximate surface area is 125 Å². The average molecular weight is 315 g/mol. The maximum absolute atomic E-state index is 13.8. The summed E-state index contributed by atoms with van der Waals surface area (Å²) in [4.78, 5) is 33.7. The Hall–Kier alpha value is -1.96. The maximum atomic E-state index is 13.8. The number of hydrogen-bond acceptors (Lipinski definition) is 7. The number of carbonyl (C=O) groups excluding carboxylic acids is 2. The topological polar surface area (TPSA) is 82.0 Å². The summed E-state index contributed by atoms with van der Waals surface area (Å²) in [7, 11) is 0. The van der Waals surface area contributed by atoms with Crippen molar-refractivity contribution in [3.63, 3.8) is 0 Å². The first-order valence-electron chi connectivity index (χ1n) is 6.15. The van der Waals surface area contributed by atoms with Crippen LogP contribution in [0.2, 0.25) is 0 Å². The van der Waals surface area contributed by atoms with Crippen molar-refractivity contribution in [2.45, 2.75) is 18.7 Å². The third-order valence-electron chi connectivity index (χ3n) is 2.29. The van der Waals surface area contributed by atoms with Crippen LogP contribution in [0, 0.1) is 10.7 Å². The first-order valence-corrected chi connectivity index (χ1v) is 7.14. The Balaban J connectivity index is 2.96. The third kappa shape index (κ3) is 4.82. The molecule has 0 aliphatic heterocycles. The quantitative estimate of drug-likeness (QED) is 0.437. The number of rotatable bonds is 7. The van der Waals surface area contributed by atoms with Crippen LogP contribution in [0.15, 0.2) is 22.2 Å². The SMILES string of the molecule is CCOC(=O)CSc1cc(F)c(C(=O)OCC)cc1N=O. The number of carbonyl (C=O) groups is 2. The number of nitrogens with zero attached hydrogens (tertiary/aromatic N) is 1. The average Bonchev–Trinajstić information content (AvgIpc) is 2.45. The van der Waals surface area contributed by atoms with Gasteiger partial charge in [0.1, 0.15) is 11.5 Å². The Kier molecular flexibility index (Phi) is 6.80. The zero-order valence-electron chi connectivity index (χ0n) is 11.6. The number of ether oxygens (including phenoxy) is 2. The molecular weight excluding hydrogens is 301 g/mol. The second-order valence-corrected chi connectivity index (χ2v) is 4.72.